The zero-order valence-electron chi connectivity index (χ0n) is 11.3. The van der Waals surface area contributed by atoms with Crippen LogP contribution in [0.25, 0.3) is 0 Å². The van der Waals surface area contributed by atoms with E-state index >= 15 is 0 Å². The van der Waals surface area contributed by atoms with Crippen LogP contribution in [0.2, 0.25) is 0 Å². The SMILES string of the molecule is CN1C2CCC1CN(Cc1cc(F)ccc1O)CC2. The number of hydrogen-bond donors (Lipinski definition) is 1. The van der Waals surface area contributed by atoms with Gasteiger partial charge in [0.25, 0.3) is 0 Å². The second-order valence-electron chi connectivity index (χ2n) is 5.85. The highest BCUT2D eigenvalue weighted by Crippen LogP contribution is 2.30. The Morgan fingerprint density at radius 1 is 1.26 bits per heavy atom. The van der Waals surface area contributed by atoms with Gasteiger partial charge in [0.15, 0.2) is 0 Å². The molecule has 2 aliphatic heterocycles. The smallest absolute Gasteiger partial charge is 0.123 e. The molecule has 2 bridgehead atoms. The van der Waals surface area contributed by atoms with Gasteiger partial charge in [0, 0.05) is 37.3 Å². The van der Waals surface area contributed by atoms with Crippen LogP contribution < -0.4 is 0 Å². The van der Waals surface area contributed by atoms with Crippen LogP contribution in [0, 0.1) is 5.82 Å². The summed E-state index contributed by atoms with van der Waals surface area (Å²) < 4.78 is 13.3. The molecule has 0 aromatic heterocycles. The number of likely N-dealkylation sites (tertiary alicyclic amines) is 1. The van der Waals surface area contributed by atoms with Gasteiger partial charge in [0.1, 0.15) is 11.6 Å². The van der Waals surface area contributed by atoms with Crippen LogP contribution in [-0.4, -0.2) is 47.1 Å². The normalized spacial score (nSPS) is 28.5. The number of fused-ring (bicyclic) bond motifs is 2. The lowest BCUT2D eigenvalue weighted by Gasteiger charge is -2.25. The lowest BCUT2D eigenvalue weighted by Crippen LogP contribution is -2.36. The Morgan fingerprint density at radius 2 is 2.05 bits per heavy atom. The van der Waals surface area contributed by atoms with Crippen molar-refractivity contribution in [3.63, 3.8) is 0 Å². The van der Waals surface area contributed by atoms with Crippen molar-refractivity contribution in [1.29, 1.82) is 0 Å². The molecule has 0 amide bonds. The Labute approximate surface area is 113 Å². The quantitative estimate of drug-likeness (QED) is 0.887. The molecule has 4 heteroatoms. The van der Waals surface area contributed by atoms with Crippen molar-refractivity contribution in [3.8, 4) is 5.75 Å². The van der Waals surface area contributed by atoms with Crippen molar-refractivity contribution in [2.45, 2.75) is 37.9 Å². The van der Waals surface area contributed by atoms with E-state index in [1.54, 1.807) is 0 Å². The highest BCUT2D eigenvalue weighted by molar-refractivity contribution is 5.32. The summed E-state index contributed by atoms with van der Waals surface area (Å²) in [6, 6.07) is 5.51. The van der Waals surface area contributed by atoms with Gasteiger partial charge in [-0.15, -0.1) is 0 Å². The molecule has 0 spiro atoms. The molecule has 19 heavy (non-hydrogen) atoms. The largest absolute Gasteiger partial charge is 0.508 e. The average Bonchev–Trinajstić information content (AvgIpc) is 2.62. The predicted molar refractivity (Wildman–Crippen MR) is 72.5 cm³/mol. The zero-order chi connectivity index (χ0) is 13.4. The van der Waals surface area contributed by atoms with E-state index in [-0.39, 0.29) is 11.6 Å². The van der Waals surface area contributed by atoms with Gasteiger partial charge in [-0.2, -0.15) is 0 Å². The third-order valence-electron chi connectivity index (χ3n) is 4.67. The number of likely N-dealkylation sites (N-methyl/N-ethyl adjacent to an activating group) is 1. The van der Waals surface area contributed by atoms with Crippen LogP contribution in [0.5, 0.6) is 5.75 Å². The van der Waals surface area contributed by atoms with Crippen molar-refractivity contribution >= 4 is 0 Å². The first-order valence-corrected chi connectivity index (χ1v) is 7.05. The first kappa shape index (κ1) is 12.9. The van der Waals surface area contributed by atoms with Crippen molar-refractivity contribution in [2.75, 3.05) is 20.1 Å². The fourth-order valence-electron chi connectivity index (χ4n) is 3.44. The molecule has 0 aliphatic carbocycles. The number of halogens is 1. The van der Waals surface area contributed by atoms with Gasteiger partial charge < -0.3 is 5.11 Å². The highest BCUT2D eigenvalue weighted by atomic mass is 19.1. The van der Waals surface area contributed by atoms with Gasteiger partial charge in [-0.25, -0.2) is 4.39 Å². The van der Waals surface area contributed by atoms with Crippen LogP contribution in [0.15, 0.2) is 18.2 Å². The maximum Gasteiger partial charge on any atom is 0.123 e. The fourth-order valence-corrected chi connectivity index (χ4v) is 3.44. The van der Waals surface area contributed by atoms with E-state index in [0.29, 0.717) is 24.2 Å². The third-order valence-corrected chi connectivity index (χ3v) is 4.67. The molecule has 0 radical (unpaired) electrons. The van der Waals surface area contributed by atoms with E-state index in [1.807, 2.05) is 0 Å². The molecule has 0 saturated carbocycles. The summed E-state index contributed by atoms with van der Waals surface area (Å²) >= 11 is 0. The number of phenols is 1. The molecule has 2 saturated heterocycles. The summed E-state index contributed by atoms with van der Waals surface area (Å²) in [7, 11) is 2.21. The highest BCUT2D eigenvalue weighted by Gasteiger charge is 2.34. The van der Waals surface area contributed by atoms with E-state index in [9.17, 15) is 9.50 Å². The van der Waals surface area contributed by atoms with E-state index in [0.717, 1.165) is 13.1 Å². The zero-order valence-corrected chi connectivity index (χ0v) is 11.3. The molecule has 2 atom stereocenters. The van der Waals surface area contributed by atoms with Crippen molar-refractivity contribution in [1.82, 2.24) is 9.80 Å². The van der Waals surface area contributed by atoms with Gasteiger partial charge in [0.2, 0.25) is 0 Å². The number of nitrogens with zero attached hydrogens (tertiary/aromatic N) is 2. The van der Waals surface area contributed by atoms with Gasteiger partial charge >= 0.3 is 0 Å². The topological polar surface area (TPSA) is 26.7 Å². The van der Waals surface area contributed by atoms with Gasteiger partial charge in [-0.3, -0.25) is 9.80 Å². The average molecular weight is 264 g/mol. The van der Waals surface area contributed by atoms with Crippen molar-refractivity contribution < 1.29 is 9.50 Å². The molecule has 2 heterocycles. The summed E-state index contributed by atoms with van der Waals surface area (Å²) in [5.41, 5.74) is 0.695. The molecule has 2 unspecified atom stereocenters. The maximum atomic E-state index is 13.3. The molecule has 104 valence electrons. The summed E-state index contributed by atoms with van der Waals surface area (Å²) in [6.07, 6.45) is 3.73. The minimum Gasteiger partial charge on any atom is -0.508 e. The molecule has 2 fully saturated rings. The van der Waals surface area contributed by atoms with Gasteiger partial charge in [-0.1, -0.05) is 0 Å². The second kappa shape index (κ2) is 5.10. The van der Waals surface area contributed by atoms with E-state index in [1.165, 1.54) is 37.5 Å². The summed E-state index contributed by atoms with van der Waals surface area (Å²) in [6.45, 7) is 2.69. The third kappa shape index (κ3) is 2.60. The summed E-state index contributed by atoms with van der Waals surface area (Å²) in [5.74, 6) is -0.0783. The Kier molecular flexibility index (Phi) is 3.46. The molecule has 1 aromatic carbocycles. The first-order valence-electron chi connectivity index (χ1n) is 7.05. The lowest BCUT2D eigenvalue weighted by atomic mass is 10.1. The van der Waals surface area contributed by atoms with Crippen LogP contribution in [0.4, 0.5) is 4.39 Å². The Hall–Kier alpha value is -1.13. The lowest BCUT2D eigenvalue weighted by molar-refractivity contribution is 0.213. The Bertz CT molecular complexity index is 465. The second-order valence-corrected chi connectivity index (χ2v) is 5.85. The minimum absolute atomic E-state index is 0.198. The number of hydrogen-bond acceptors (Lipinski definition) is 3. The monoisotopic (exact) mass is 264 g/mol. The van der Waals surface area contributed by atoms with Crippen LogP contribution >= 0.6 is 0 Å². The van der Waals surface area contributed by atoms with Crippen molar-refractivity contribution in [2.24, 2.45) is 0 Å². The molecule has 1 N–H and O–H groups in total. The molecule has 3 rings (SSSR count). The molecule has 1 aromatic rings. The summed E-state index contributed by atoms with van der Waals surface area (Å²) in [4.78, 5) is 4.83. The van der Waals surface area contributed by atoms with E-state index in [2.05, 4.69) is 16.8 Å². The number of phenolic OH excluding ortho intramolecular Hbond substituents is 1. The molecular weight excluding hydrogens is 243 g/mol. The van der Waals surface area contributed by atoms with Crippen LogP contribution in [-0.2, 0) is 6.54 Å². The number of benzene rings is 1. The minimum atomic E-state index is -0.277. The van der Waals surface area contributed by atoms with Crippen LogP contribution in [0.3, 0.4) is 0 Å². The predicted octanol–water partition coefficient (Wildman–Crippen LogP) is 2.20. The van der Waals surface area contributed by atoms with Crippen molar-refractivity contribution in [3.05, 3.63) is 29.6 Å². The summed E-state index contributed by atoms with van der Waals surface area (Å²) in [5, 5.41) is 9.82. The van der Waals surface area contributed by atoms with Gasteiger partial charge in [0.05, 0.1) is 0 Å². The Balaban J connectivity index is 1.72. The van der Waals surface area contributed by atoms with E-state index < -0.39 is 0 Å². The molecule has 3 nitrogen and oxygen atoms in total. The molecule has 2 aliphatic rings. The number of rotatable bonds is 2. The fraction of sp³-hybridized carbons (Fsp3) is 0.600. The molecular formula is C15H21FN2O. The van der Waals surface area contributed by atoms with Gasteiger partial charge in [-0.05, 0) is 44.5 Å². The van der Waals surface area contributed by atoms with E-state index in [4.69, 9.17) is 0 Å². The van der Waals surface area contributed by atoms with Crippen LogP contribution in [0.1, 0.15) is 24.8 Å². The Morgan fingerprint density at radius 3 is 2.89 bits per heavy atom. The first-order chi connectivity index (χ1) is 9.13. The number of aromatic hydroxyl groups is 1. The standard InChI is InChI=1S/C15H21FN2O/c1-17-13-3-4-14(17)10-18(7-6-13)9-11-8-12(16)2-5-15(11)19/h2,5,8,13-14,19H,3-4,6-7,9-10H2,1H3. The maximum absolute atomic E-state index is 13.3.